The molecule has 0 atom stereocenters. The number of nitrogens with one attached hydrogen (secondary N) is 1. The molecule has 0 aliphatic carbocycles. The van der Waals surface area contributed by atoms with Gasteiger partial charge in [0.25, 0.3) is 5.91 Å². The predicted molar refractivity (Wildman–Crippen MR) is 131 cm³/mol. The Kier molecular flexibility index (Phi) is 7.22. The fourth-order valence-electron chi connectivity index (χ4n) is 3.79. The van der Waals surface area contributed by atoms with E-state index < -0.39 is 0 Å². The van der Waals surface area contributed by atoms with Gasteiger partial charge in [0.15, 0.2) is 5.78 Å². The van der Waals surface area contributed by atoms with Crippen LogP contribution in [0.2, 0.25) is 0 Å². The SMILES string of the molecule is CC(=O)c1ccc(N2CCN(C(=O)CNC(=O)c3ccc(Oc4ccccc4)cc3)CC2)cc1. The first-order chi connectivity index (χ1) is 16.5. The largest absolute Gasteiger partial charge is 0.457 e. The first-order valence-electron chi connectivity index (χ1n) is 11.2. The van der Waals surface area contributed by atoms with Crippen molar-refractivity contribution in [1.82, 2.24) is 10.2 Å². The second-order valence-electron chi connectivity index (χ2n) is 8.09. The molecule has 34 heavy (non-hydrogen) atoms. The lowest BCUT2D eigenvalue weighted by Crippen LogP contribution is -2.51. The zero-order chi connectivity index (χ0) is 23.9. The molecule has 1 aliphatic rings. The summed E-state index contributed by atoms with van der Waals surface area (Å²) in [4.78, 5) is 40.4. The second kappa shape index (κ2) is 10.7. The Bertz CT molecular complexity index is 1140. The molecular formula is C27H27N3O4. The van der Waals surface area contributed by atoms with E-state index in [1.807, 2.05) is 54.6 Å². The minimum Gasteiger partial charge on any atom is -0.457 e. The summed E-state index contributed by atoms with van der Waals surface area (Å²) in [7, 11) is 0. The number of para-hydroxylation sites is 1. The molecule has 7 nitrogen and oxygen atoms in total. The van der Waals surface area contributed by atoms with Gasteiger partial charge in [0, 0.05) is 43.0 Å². The first-order valence-corrected chi connectivity index (χ1v) is 11.2. The maximum atomic E-state index is 12.6. The average Bonchev–Trinajstić information content (AvgIpc) is 2.88. The highest BCUT2D eigenvalue weighted by molar-refractivity contribution is 5.96. The van der Waals surface area contributed by atoms with Gasteiger partial charge in [0.2, 0.25) is 5.91 Å². The van der Waals surface area contributed by atoms with Crippen LogP contribution in [0.1, 0.15) is 27.6 Å². The summed E-state index contributed by atoms with van der Waals surface area (Å²) in [6, 6.07) is 23.7. The quantitative estimate of drug-likeness (QED) is 0.547. The zero-order valence-electron chi connectivity index (χ0n) is 19.1. The fourth-order valence-corrected chi connectivity index (χ4v) is 3.79. The van der Waals surface area contributed by atoms with Crippen molar-refractivity contribution in [1.29, 1.82) is 0 Å². The molecule has 0 saturated carbocycles. The van der Waals surface area contributed by atoms with Crippen molar-refractivity contribution in [2.45, 2.75) is 6.92 Å². The molecule has 0 bridgehead atoms. The number of nitrogens with zero attached hydrogens (tertiary/aromatic N) is 2. The standard InChI is InChI=1S/C27H27N3O4/c1-20(31)21-7-11-23(12-8-21)29-15-17-30(18-16-29)26(32)19-28-27(33)22-9-13-25(14-10-22)34-24-5-3-2-4-6-24/h2-14H,15-19H2,1H3,(H,28,33). The number of amides is 2. The summed E-state index contributed by atoms with van der Waals surface area (Å²) >= 11 is 0. The summed E-state index contributed by atoms with van der Waals surface area (Å²) < 4.78 is 5.74. The molecule has 0 unspecified atom stereocenters. The van der Waals surface area contributed by atoms with E-state index in [-0.39, 0.29) is 24.1 Å². The van der Waals surface area contributed by atoms with E-state index >= 15 is 0 Å². The van der Waals surface area contributed by atoms with Gasteiger partial charge in [0.1, 0.15) is 11.5 Å². The molecule has 1 aliphatic heterocycles. The van der Waals surface area contributed by atoms with Crippen molar-refractivity contribution in [3.05, 3.63) is 90.0 Å². The summed E-state index contributed by atoms with van der Waals surface area (Å²) in [6.45, 7) is 4.05. The molecule has 1 fully saturated rings. The van der Waals surface area contributed by atoms with Crippen LogP contribution < -0.4 is 15.0 Å². The van der Waals surface area contributed by atoms with Crippen molar-refractivity contribution in [3.8, 4) is 11.5 Å². The third-order valence-corrected chi connectivity index (χ3v) is 5.77. The number of anilines is 1. The van der Waals surface area contributed by atoms with E-state index in [4.69, 9.17) is 4.74 Å². The number of benzene rings is 3. The minimum absolute atomic E-state index is 0.0421. The van der Waals surface area contributed by atoms with Gasteiger partial charge < -0.3 is 19.9 Å². The Balaban J connectivity index is 1.23. The molecule has 0 spiro atoms. The number of hydrogen-bond donors (Lipinski definition) is 1. The molecule has 7 heteroatoms. The van der Waals surface area contributed by atoms with E-state index in [0.29, 0.717) is 43.1 Å². The Labute approximate surface area is 198 Å². The van der Waals surface area contributed by atoms with Gasteiger partial charge in [-0.15, -0.1) is 0 Å². The van der Waals surface area contributed by atoms with E-state index in [1.54, 1.807) is 36.1 Å². The topological polar surface area (TPSA) is 79.0 Å². The summed E-state index contributed by atoms with van der Waals surface area (Å²) in [6.07, 6.45) is 0. The van der Waals surface area contributed by atoms with Gasteiger partial charge in [-0.1, -0.05) is 18.2 Å². The summed E-state index contributed by atoms with van der Waals surface area (Å²) in [5.74, 6) is 0.986. The Hall–Kier alpha value is -4.13. The highest BCUT2D eigenvalue weighted by Gasteiger charge is 2.22. The predicted octanol–water partition coefficient (Wildman–Crippen LogP) is 3.76. The molecular weight excluding hydrogens is 430 g/mol. The van der Waals surface area contributed by atoms with Crippen LogP contribution >= 0.6 is 0 Å². The van der Waals surface area contributed by atoms with Crippen molar-refractivity contribution in [2.75, 3.05) is 37.6 Å². The lowest BCUT2D eigenvalue weighted by Gasteiger charge is -2.36. The molecule has 1 N–H and O–H groups in total. The van der Waals surface area contributed by atoms with E-state index in [0.717, 1.165) is 11.4 Å². The van der Waals surface area contributed by atoms with Crippen molar-refractivity contribution in [3.63, 3.8) is 0 Å². The van der Waals surface area contributed by atoms with Crippen LogP contribution in [-0.4, -0.2) is 55.2 Å². The normalized spacial score (nSPS) is 13.3. The van der Waals surface area contributed by atoms with Gasteiger partial charge in [-0.3, -0.25) is 14.4 Å². The Morgan fingerprint density at radius 1 is 0.765 bits per heavy atom. The number of Topliss-reactive ketones (excluding diaryl/α,β-unsaturated/α-hetero) is 1. The fraction of sp³-hybridized carbons (Fsp3) is 0.222. The van der Waals surface area contributed by atoms with Gasteiger partial charge >= 0.3 is 0 Å². The van der Waals surface area contributed by atoms with Crippen LogP contribution in [-0.2, 0) is 4.79 Å². The number of carbonyl (C=O) groups is 3. The maximum absolute atomic E-state index is 12.6. The number of carbonyl (C=O) groups excluding carboxylic acids is 3. The summed E-state index contributed by atoms with van der Waals surface area (Å²) in [5, 5.41) is 2.71. The number of ketones is 1. The summed E-state index contributed by atoms with van der Waals surface area (Å²) in [5.41, 5.74) is 2.18. The lowest BCUT2D eigenvalue weighted by molar-refractivity contribution is -0.130. The molecule has 174 valence electrons. The molecule has 1 saturated heterocycles. The molecule has 4 rings (SSSR count). The number of rotatable bonds is 7. The van der Waals surface area contributed by atoms with Crippen LogP contribution in [0, 0.1) is 0 Å². The molecule has 0 radical (unpaired) electrons. The molecule has 3 aromatic rings. The Morgan fingerprint density at radius 3 is 1.97 bits per heavy atom. The molecule has 2 amide bonds. The van der Waals surface area contributed by atoms with E-state index in [2.05, 4.69) is 10.2 Å². The van der Waals surface area contributed by atoms with Crippen molar-refractivity contribution >= 4 is 23.3 Å². The van der Waals surface area contributed by atoms with Crippen LogP contribution in [0.25, 0.3) is 0 Å². The van der Waals surface area contributed by atoms with Crippen LogP contribution in [0.4, 0.5) is 5.69 Å². The lowest BCUT2D eigenvalue weighted by atomic mass is 10.1. The second-order valence-corrected chi connectivity index (χ2v) is 8.09. The third-order valence-electron chi connectivity index (χ3n) is 5.77. The van der Waals surface area contributed by atoms with E-state index in [1.165, 1.54) is 0 Å². The van der Waals surface area contributed by atoms with Gasteiger partial charge in [0.05, 0.1) is 6.54 Å². The Morgan fingerprint density at radius 2 is 1.35 bits per heavy atom. The highest BCUT2D eigenvalue weighted by Crippen LogP contribution is 2.21. The van der Waals surface area contributed by atoms with Gasteiger partial charge in [-0.25, -0.2) is 0 Å². The zero-order valence-corrected chi connectivity index (χ0v) is 19.1. The van der Waals surface area contributed by atoms with Gasteiger partial charge in [-0.05, 0) is 67.6 Å². The smallest absolute Gasteiger partial charge is 0.251 e. The minimum atomic E-state index is -0.302. The van der Waals surface area contributed by atoms with Gasteiger partial charge in [-0.2, -0.15) is 0 Å². The number of hydrogen-bond acceptors (Lipinski definition) is 5. The maximum Gasteiger partial charge on any atom is 0.251 e. The number of piperazine rings is 1. The molecule has 3 aromatic carbocycles. The third kappa shape index (κ3) is 5.81. The highest BCUT2D eigenvalue weighted by atomic mass is 16.5. The molecule has 0 aromatic heterocycles. The van der Waals surface area contributed by atoms with Crippen molar-refractivity contribution < 1.29 is 19.1 Å². The first kappa shape index (κ1) is 23.0. The van der Waals surface area contributed by atoms with Crippen LogP contribution in [0.5, 0.6) is 11.5 Å². The van der Waals surface area contributed by atoms with Crippen LogP contribution in [0.15, 0.2) is 78.9 Å². The van der Waals surface area contributed by atoms with E-state index in [9.17, 15) is 14.4 Å². The van der Waals surface area contributed by atoms with Crippen LogP contribution in [0.3, 0.4) is 0 Å². The molecule has 1 heterocycles. The van der Waals surface area contributed by atoms with Crippen molar-refractivity contribution in [2.24, 2.45) is 0 Å². The monoisotopic (exact) mass is 457 g/mol. The number of ether oxygens (including phenoxy) is 1. The average molecular weight is 458 g/mol.